The van der Waals surface area contributed by atoms with Gasteiger partial charge in [-0.15, -0.1) is 0 Å². The van der Waals surface area contributed by atoms with Crippen LogP contribution < -0.4 is 0 Å². The maximum Gasteiger partial charge on any atom is 0.338 e. The number of carbonyl (C=O) groups excluding carboxylic acids is 1. The first kappa shape index (κ1) is 8.72. The van der Waals surface area contributed by atoms with Crippen molar-refractivity contribution in [3.05, 3.63) is 41.0 Å². The third kappa shape index (κ3) is 1.29. The number of carbonyl (C=O) groups is 1. The highest BCUT2D eigenvalue weighted by Gasteiger charge is 2.29. The van der Waals surface area contributed by atoms with Crippen molar-refractivity contribution in [1.82, 2.24) is 0 Å². The lowest BCUT2D eigenvalue weighted by Crippen LogP contribution is -1.96. The van der Waals surface area contributed by atoms with Crippen molar-refractivity contribution in [1.29, 1.82) is 0 Å². The van der Waals surface area contributed by atoms with E-state index in [1.165, 1.54) is 18.4 Å². The third-order valence-electron chi connectivity index (χ3n) is 3.12. The van der Waals surface area contributed by atoms with E-state index in [0.29, 0.717) is 12.5 Å². The van der Waals surface area contributed by atoms with E-state index in [1.807, 2.05) is 18.2 Å². The molecule has 1 saturated carbocycles. The fourth-order valence-electron chi connectivity index (χ4n) is 2.14. The molecular formula is C13H12O2. The normalized spacial score (nSPS) is 18.5. The van der Waals surface area contributed by atoms with E-state index in [9.17, 15) is 4.79 Å². The number of cyclic esters (lactones) is 1. The Labute approximate surface area is 88.6 Å². The molecule has 1 heterocycles. The molecule has 0 unspecified atom stereocenters. The van der Waals surface area contributed by atoms with Gasteiger partial charge in [-0.05, 0) is 42.0 Å². The van der Waals surface area contributed by atoms with E-state index in [2.05, 4.69) is 6.58 Å². The van der Waals surface area contributed by atoms with E-state index in [1.54, 1.807) is 0 Å². The molecule has 0 aromatic heterocycles. The summed E-state index contributed by atoms with van der Waals surface area (Å²) in [6.45, 7) is 4.24. The zero-order valence-corrected chi connectivity index (χ0v) is 8.45. The Hall–Kier alpha value is -1.57. The zero-order chi connectivity index (χ0) is 10.4. The highest BCUT2D eigenvalue weighted by atomic mass is 16.5. The molecule has 1 aliphatic heterocycles. The van der Waals surface area contributed by atoms with E-state index in [4.69, 9.17) is 4.74 Å². The van der Waals surface area contributed by atoms with Crippen molar-refractivity contribution in [3.63, 3.8) is 0 Å². The molecule has 0 N–H and O–H groups in total. The largest absolute Gasteiger partial charge is 0.457 e. The smallest absolute Gasteiger partial charge is 0.338 e. The van der Waals surface area contributed by atoms with Gasteiger partial charge in [-0.3, -0.25) is 0 Å². The summed E-state index contributed by atoms with van der Waals surface area (Å²) in [6.07, 6.45) is 4.33. The minimum atomic E-state index is -0.178. The first-order chi connectivity index (χ1) is 7.29. The lowest BCUT2D eigenvalue weighted by Gasteiger charge is -2.06. The molecule has 1 aliphatic carbocycles. The molecular weight excluding hydrogens is 188 g/mol. The van der Waals surface area contributed by atoms with Gasteiger partial charge in [0.15, 0.2) is 0 Å². The van der Waals surface area contributed by atoms with Crippen LogP contribution in [0.2, 0.25) is 0 Å². The minimum Gasteiger partial charge on any atom is -0.457 e. The van der Waals surface area contributed by atoms with Crippen LogP contribution in [0.4, 0.5) is 0 Å². The molecule has 3 rings (SSSR count). The summed E-state index contributed by atoms with van der Waals surface area (Å²) >= 11 is 0. The van der Waals surface area contributed by atoms with Crippen molar-refractivity contribution in [2.45, 2.75) is 25.4 Å². The monoisotopic (exact) mass is 200 g/mol. The molecule has 2 nitrogen and oxygen atoms in total. The van der Waals surface area contributed by atoms with Crippen LogP contribution in [0.5, 0.6) is 0 Å². The molecule has 0 atom stereocenters. The maximum atomic E-state index is 11.4. The summed E-state index contributed by atoms with van der Waals surface area (Å²) in [6, 6.07) is 4.04. The van der Waals surface area contributed by atoms with Crippen LogP contribution in [-0.4, -0.2) is 5.97 Å². The predicted molar refractivity (Wildman–Crippen MR) is 57.6 cm³/mol. The highest BCUT2D eigenvalue weighted by molar-refractivity contribution is 5.94. The Balaban J connectivity index is 2.17. The molecule has 76 valence electrons. The van der Waals surface area contributed by atoms with E-state index in [0.717, 1.165) is 16.7 Å². The molecule has 2 aliphatic rings. The second-order valence-corrected chi connectivity index (χ2v) is 4.19. The molecule has 0 amide bonds. The summed E-state index contributed by atoms with van der Waals surface area (Å²) in [5.41, 5.74) is 4.18. The Morgan fingerprint density at radius 2 is 2.20 bits per heavy atom. The van der Waals surface area contributed by atoms with Crippen LogP contribution in [-0.2, 0) is 11.3 Å². The molecule has 1 fully saturated rings. The topological polar surface area (TPSA) is 26.3 Å². The molecule has 0 saturated heterocycles. The van der Waals surface area contributed by atoms with Gasteiger partial charge in [-0.2, -0.15) is 0 Å². The van der Waals surface area contributed by atoms with Crippen molar-refractivity contribution >= 4 is 12.0 Å². The molecule has 1 aromatic carbocycles. The van der Waals surface area contributed by atoms with Crippen LogP contribution in [0.3, 0.4) is 0 Å². The molecule has 15 heavy (non-hydrogen) atoms. The van der Waals surface area contributed by atoms with Gasteiger partial charge in [0.05, 0.1) is 5.56 Å². The zero-order valence-electron chi connectivity index (χ0n) is 8.45. The lowest BCUT2D eigenvalue weighted by molar-refractivity contribution is 0.0535. The van der Waals surface area contributed by atoms with Gasteiger partial charge < -0.3 is 4.74 Å². The Morgan fingerprint density at radius 1 is 1.40 bits per heavy atom. The summed E-state index contributed by atoms with van der Waals surface area (Å²) in [7, 11) is 0. The molecule has 2 heteroatoms. The number of hydrogen-bond donors (Lipinski definition) is 0. The van der Waals surface area contributed by atoms with Gasteiger partial charge in [-0.25, -0.2) is 4.79 Å². The van der Waals surface area contributed by atoms with Crippen molar-refractivity contribution in [3.8, 4) is 0 Å². The van der Waals surface area contributed by atoms with Crippen molar-refractivity contribution < 1.29 is 9.53 Å². The Kier molecular flexibility index (Phi) is 1.72. The number of hydrogen-bond acceptors (Lipinski definition) is 2. The van der Waals surface area contributed by atoms with Crippen molar-refractivity contribution in [2.24, 2.45) is 0 Å². The minimum absolute atomic E-state index is 0.178. The lowest BCUT2D eigenvalue weighted by atomic mass is 9.97. The van der Waals surface area contributed by atoms with Crippen LogP contribution in [0.15, 0.2) is 18.7 Å². The number of ether oxygens (including phenoxy) is 1. The summed E-state index contributed by atoms with van der Waals surface area (Å²) < 4.78 is 5.00. The number of fused-ring (bicyclic) bond motifs is 1. The SMILES string of the molecule is C=Cc1cc2c(cc1C1CC1)C(=O)OC2. The molecule has 0 radical (unpaired) electrons. The fourth-order valence-corrected chi connectivity index (χ4v) is 2.14. The van der Waals surface area contributed by atoms with Crippen LogP contribution in [0.1, 0.15) is 45.8 Å². The fraction of sp³-hybridized carbons (Fsp3) is 0.308. The van der Waals surface area contributed by atoms with Crippen LogP contribution >= 0.6 is 0 Å². The van der Waals surface area contributed by atoms with E-state index < -0.39 is 0 Å². The highest BCUT2D eigenvalue weighted by Crippen LogP contribution is 2.43. The summed E-state index contributed by atoms with van der Waals surface area (Å²) in [5, 5.41) is 0. The second kappa shape index (κ2) is 2.96. The number of esters is 1. The summed E-state index contributed by atoms with van der Waals surface area (Å²) in [4.78, 5) is 11.4. The molecule has 1 aromatic rings. The average molecular weight is 200 g/mol. The van der Waals surface area contributed by atoms with Gasteiger partial charge >= 0.3 is 5.97 Å². The van der Waals surface area contributed by atoms with Crippen molar-refractivity contribution in [2.75, 3.05) is 0 Å². The Bertz CT molecular complexity index is 456. The Morgan fingerprint density at radius 3 is 2.87 bits per heavy atom. The van der Waals surface area contributed by atoms with Gasteiger partial charge in [0, 0.05) is 5.56 Å². The van der Waals surface area contributed by atoms with Gasteiger partial charge in [-0.1, -0.05) is 12.7 Å². The van der Waals surface area contributed by atoms with Gasteiger partial charge in [0.2, 0.25) is 0 Å². The number of benzene rings is 1. The number of rotatable bonds is 2. The van der Waals surface area contributed by atoms with E-state index in [-0.39, 0.29) is 5.97 Å². The quantitative estimate of drug-likeness (QED) is 0.686. The van der Waals surface area contributed by atoms with E-state index >= 15 is 0 Å². The third-order valence-corrected chi connectivity index (χ3v) is 3.12. The molecule has 0 bridgehead atoms. The predicted octanol–water partition coefficient (Wildman–Crippen LogP) is 2.88. The van der Waals surface area contributed by atoms with Gasteiger partial charge in [0.1, 0.15) is 6.61 Å². The standard InChI is InChI=1S/C13H12O2/c1-2-8-5-10-7-15-13(14)12(10)6-11(8)9-3-4-9/h2,5-6,9H,1,3-4,7H2. The summed E-state index contributed by atoms with van der Waals surface area (Å²) in [5.74, 6) is 0.458. The first-order valence-corrected chi connectivity index (χ1v) is 5.26. The van der Waals surface area contributed by atoms with Gasteiger partial charge in [0.25, 0.3) is 0 Å². The van der Waals surface area contributed by atoms with Crippen LogP contribution in [0, 0.1) is 0 Å². The first-order valence-electron chi connectivity index (χ1n) is 5.26. The maximum absolute atomic E-state index is 11.4. The molecule has 0 spiro atoms. The second-order valence-electron chi connectivity index (χ2n) is 4.19. The van der Waals surface area contributed by atoms with Crippen LogP contribution in [0.25, 0.3) is 6.08 Å². The average Bonchev–Trinajstić information content (AvgIpc) is 3.04.